The Morgan fingerprint density at radius 3 is 2.56 bits per heavy atom. The van der Waals surface area contributed by atoms with E-state index in [-0.39, 0.29) is 5.82 Å². The molecule has 2 nitrogen and oxygen atoms in total. The van der Waals surface area contributed by atoms with Crippen LogP contribution >= 0.6 is 0 Å². The number of ether oxygens (including phenoxy) is 2. The molecule has 0 atom stereocenters. The monoisotopic (exact) mass is 252 g/mol. The van der Waals surface area contributed by atoms with Crippen molar-refractivity contribution in [2.24, 2.45) is 5.92 Å². The second-order valence-corrected chi connectivity index (χ2v) is 4.85. The summed E-state index contributed by atoms with van der Waals surface area (Å²) >= 11 is 0. The maximum absolute atomic E-state index is 12.7. The number of benzene rings is 1. The van der Waals surface area contributed by atoms with Crippen molar-refractivity contribution in [1.29, 1.82) is 0 Å². The third-order valence-electron chi connectivity index (χ3n) is 3.43. The van der Waals surface area contributed by atoms with Crippen molar-refractivity contribution in [3.05, 3.63) is 30.1 Å². The molecule has 1 aromatic carbocycles. The van der Waals surface area contributed by atoms with Gasteiger partial charge >= 0.3 is 0 Å². The molecule has 100 valence electrons. The van der Waals surface area contributed by atoms with Crippen LogP contribution in [0.5, 0.6) is 5.75 Å². The van der Waals surface area contributed by atoms with Crippen molar-refractivity contribution < 1.29 is 13.9 Å². The van der Waals surface area contributed by atoms with E-state index in [2.05, 4.69) is 0 Å². The van der Waals surface area contributed by atoms with E-state index < -0.39 is 0 Å². The Hall–Kier alpha value is -1.09. The maximum atomic E-state index is 12.7. The smallest absolute Gasteiger partial charge is 0.123 e. The summed E-state index contributed by atoms with van der Waals surface area (Å²) in [5, 5.41) is 0. The molecule has 0 aromatic heterocycles. The van der Waals surface area contributed by atoms with Crippen molar-refractivity contribution in [3.63, 3.8) is 0 Å². The molecule has 0 N–H and O–H groups in total. The fourth-order valence-electron chi connectivity index (χ4n) is 2.29. The van der Waals surface area contributed by atoms with Gasteiger partial charge in [0.15, 0.2) is 0 Å². The van der Waals surface area contributed by atoms with E-state index in [9.17, 15) is 4.39 Å². The Morgan fingerprint density at radius 1 is 1.11 bits per heavy atom. The molecule has 0 aliphatic carbocycles. The van der Waals surface area contributed by atoms with Crippen LogP contribution in [0.2, 0.25) is 0 Å². The molecule has 18 heavy (non-hydrogen) atoms. The molecule has 0 unspecified atom stereocenters. The first-order valence-electron chi connectivity index (χ1n) is 6.81. The zero-order chi connectivity index (χ0) is 12.6. The molecule has 0 amide bonds. The summed E-state index contributed by atoms with van der Waals surface area (Å²) in [7, 11) is 0. The number of unbranched alkanes of at least 4 members (excludes halogenated alkanes) is 1. The first kappa shape index (κ1) is 13.3. The van der Waals surface area contributed by atoms with Crippen LogP contribution in [0.25, 0.3) is 0 Å². The predicted octanol–water partition coefficient (Wildman–Crippen LogP) is 3.80. The molecule has 0 spiro atoms. The summed E-state index contributed by atoms with van der Waals surface area (Å²) < 4.78 is 23.6. The minimum atomic E-state index is -0.220. The Bertz CT molecular complexity index is 331. The molecule has 1 aliphatic heterocycles. The number of hydrogen-bond acceptors (Lipinski definition) is 2. The standard InChI is InChI=1S/C15H21FO2/c16-14-4-6-15(7-5-14)18-10-2-1-3-13-8-11-17-12-9-13/h4-7,13H,1-3,8-12H2. The van der Waals surface area contributed by atoms with E-state index >= 15 is 0 Å². The quantitative estimate of drug-likeness (QED) is 0.717. The molecule has 1 aromatic rings. The molecular weight excluding hydrogens is 231 g/mol. The van der Waals surface area contributed by atoms with Crippen LogP contribution < -0.4 is 4.74 Å². The van der Waals surface area contributed by atoms with Gasteiger partial charge in [-0.1, -0.05) is 6.42 Å². The summed E-state index contributed by atoms with van der Waals surface area (Å²) in [4.78, 5) is 0. The molecule has 1 aliphatic rings. The van der Waals surface area contributed by atoms with E-state index in [0.29, 0.717) is 0 Å². The molecule has 0 radical (unpaired) electrons. The molecule has 3 heteroatoms. The lowest BCUT2D eigenvalue weighted by atomic mass is 9.94. The highest BCUT2D eigenvalue weighted by atomic mass is 19.1. The second kappa shape index (κ2) is 7.37. The van der Waals surface area contributed by atoms with Gasteiger partial charge in [0.1, 0.15) is 11.6 Å². The van der Waals surface area contributed by atoms with Crippen LogP contribution in [-0.2, 0) is 4.74 Å². The van der Waals surface area contributed by atoms with Crippen molar-refractivity contribution in [3.8, 4) is 5.75 Å². The van der Waals surface area contributed by atoms with Crippen LogP contribution in [0.1, 0.15) is 32.1 Å². The highest BCUT2D eigenvalue weighted by Crippen LogP contribution is 2.21. The minimum absolute atomic E-state index is 0.220. The third kappa shape index (κ3) is 4.65. The maximum Gasteiger partial charge on any atom is 0.123 e. The Balaban J connectivity index is 1.54. The van der Waals surface area contributed by atoms with E-state index in [0.717, 1.165) is 37.9 Å². The molecular formula is C15H21FO2. The first-order chi connectivity index (χ1) is 8.84. The highest BCUT2D eigenvalue weighted by Gasteiger charge is 2.12. The largest absolute Gasteiger partial charge is 0.494 e. The van der Waals surface area contributed by atoms with Crippen molar-refractivity contribution in [2.45, 2.75) is 32.1 Å². The molecule has 0 saturated carbocycles. The average molecular weight is 252 g/mol. The van der Waals surface area contributed by atoms with Gasteiger partial charge in [0.2, 0.25) is 0 Å². The normalized spacial score (nSPS) is 16.7. The fourth-order valence-corrected chi connectivity index (χ4v) is 2.29. The summed E-state index contributed by atoms with van der Waals surface area (Å²) in [5.74, 6) is 1.37. The van der Waals surface area contributed by atoms with Gasteiger partial charge in [-0.05, 0) is 55.9 Å². The van der Waals surface area contributed by atoms with Crippen molar-refractivity contribution >= 4 is 0 Å². The summed E-state index contributed by atoms with van der Waals surface area (Å²) in [6.07, 6.45) is 5.95. The SMILES string of the molecule is Fc1ccc(OCCCCC2CCOCC2)cc1. The van der Waals surface area contributed by atoms with Crippen molar-refractivity contribution in [2.75, 3.05) is 19.8 Å². The van der Waals surface area contributed by atoms with Crippen LogP contribution in [-0.4, -0.2) is 19.8 Å². The lowest BCUT2D eigenvalue weighted by Crippen LogP contribution is -2.15. The zero-order valence-corrected chi connectivity index (χ0v) is 10.7. The van der Waals surface area contributed by atoms with Gasteiger partial charge in [-0.15, -0.1) is 0 Å². The van der Waals surface area contributed by atoms with E-state index in [4.69, 9.17) is 9.47 Å². The number of rotatable bonds is 6. The molecule has 1 fully saturated rings. The first-order valence-corrected chi connectivity index (χ1v) is 6.81. The Labute approximate surface area is 108 Å². The minimum Gasteiger partial charge on any atom is -0.494 e. The summed E-state index contributed by atoms with van der Waals surface area (Å²) in [6.45, 7) is 2.57. The average Bonchev–Trinajstić information content (AvgIpc) is 2.42. The van der Waals surface area contributed by atoms with E-state index in [1.54, 1.807) is 12.1 Å². The van der Waals surface area contributed by atoms with Crippen LogP contribution in [0.3, 0.4) is 0 Å². The molecule has 0 bridgehead atoms. The van der Waals surface area contributed by atoms with Gasteiger partial charge in [-0.3, -0.25) is 0 Å². The van der Waals surface area contributed by atoms with Gasteiger partial charge in [0, 0.05) is 13.2 Å². The van der Waals surface area contributed by atoms with Crippen LogP contribution in [0.4, 0.5) is 4.39 Å². The summed E-state index contributed by atoms with van der Waals surface area (Å²) in [5.41, 5.74) is 0. The third-order valence-corrected chi connectivity index (χ3v) is 3.43. The van der Waals surface area contributed by atoms with Crippen molar-refractivity contribution in [1.82, 2.24) is 0 Å². The van der Waals surface area contributed by atoms with E-state index in [1.165, 1.54) is 37.8 Å². The Kier molecular flexibility index (Phi) is 5.46. The molecule has 2 rings (SSSR count). The van der Waals surface area contributed by atoms with Gasteiger partial charge in [-0.25, -0.2) is 4.39 Å². The van der Waals surface area contributed by atoms with Gasteiger partial charge in [0.25, 0.3) is 0 Å². The lowest BCUT2D eigenvalue weighted by molar-refractivity contribution is 0.0628. The number of halogens is 1. The van der Waals surface area contributed by atoms with Gasteiger partial charge < -0.3 is 9.47 Å². The predicted molar refractivity (Wildman–Crippen MR) is 69.3 cm³/mol. The highest BCUT2D eigenvalue weighted by molar-refractivity contribution is 5.21. The molecule has 1 saturated heterocycles. The van der Waals surface area contributed by atoms with E-state index in [1.807, 2.05) is 0 Å². The topological polar surface area (TPSA) is 18.5 Å². The summed E-state index contributed by atoms with van der Waals surface area (Å²) in [6, 6.07) is 6.20. The lowest BCUT2D eigenvalue weighted by Gasteiger charge is -2.21. The second-order valence-electron chi connectivity index (χ2n) is 4.85. The number of hydrogen-bond donors (Lipinski definition) is 0. The van der Waals surface area contributed by atoms with Crippen LogP contribution in [0, 0.1) is 11.7 Å². The zero-order valence-electron chi connectivity index (χ0n) is 10.7. The van der Waals surface area contributed by atoms with Gasteiger partial charge in [-0.2, -0.15) is 0 Å². The molecule has 1 heterocycles. The van der Waals surface area contributed by atoms with Gasteiger partial charge in [0.05, 0.1) is 6.61 Å². The fraction of sp³-hybridized carbons (Fsp3) is 0.600. The Morgan fingerprint density at radius 2 is 1.83 bits per heavy atom. The van der Waals surface area contributed by atoms with Crippen LogP contribution in [0.15, 0.2) is 24.3 Å².